The van der Waals surface area contributed by atoms with E-state index >= 15 is 0 Å². The van der Waals surface area contributed by atoms with E-state index in [0.29, 0.717) is 0 Å². The fraction of sp³-hybridized carbons (Fsp3) is 0.600. The second-order valence-corrected chi connectivity index (χ2v) is 4.01. The number of primary amides is 1. The van der Waals surface area contributed by atoms with Gasteiger partial charge in [-0.25, -0.2) is 4.79 Å². The molecule has 1 atom stereocenters. The number of carbonyl (C=O) groups excluding carboxylic acids is 1. The normalized spacial score (nSPS) is 21.7. The number of carbonyl (C=O) groups is 1. The second-order valence-electron chi connectivity index (χ2n) is 4.01. The van der Waals surface area contributed by atoms with Crippen LogP contribution in [0.25, 0.3) is 0 Å². The lowest BCUT2D eigenvalue weighted by Crippen LogP contribution is -2.42. The van der Waals surface area contributed by atoms with Crippen molar-refractivity contribution in [2.45, 2.75) is 32.2 Å². The maximum Gasteiger partial charge on any atom is 0.315 e. The lowest BCUT2D eigenvalue weighted by atomic mass is 9.98. The Balaban J connectivity index is 2.25. The van der Waals surface area contributed by atoms with Gasteiger partial charge in [0.05, 0.1) is 17.9 Å². The number of rotatable bonds is 1. The Morgan fingerprint density at radius 2 is 2.47 bits per heavy atom. The summed E-state index contributed by atoms with van der Waals surface area (Å²) >= 11 is 0. The third-order valence-corrected chi connectivity index (χ3v) is 2.99. The van der Waals surface area contributed by atoms with E-state index in [1.807, 2.05) is 6.92 Å². The molecule has 1 fully saturated rings. The standard InChI is InChI=1S/C10H16N4O/c1-7-6-12-13-9(7)8-4-2-3-5-14(8)10(11)15/h6,8H,2-5H2,1H3,(H2,11,15)(H,12,13). The van der Waals surface area contributed by atoms with Gasteiger partial charge in [-0.3, -0.25) is 5.10 Å². The van der Waals surface area contributed by atoms with Crippen molar-refractivity contribution in [2.75, 3.05) is 6.54 Å². The molecule has 1 unspecified atom stereocenters. The summed E-state index contributed by atoms with van der Waals surface area (Å²) in [5, 5.41) is 6.95. The Morgan fingerprint density at radius 1 is 1.67 bits per heavy atom. The Kier molecular flexibility index (Phi) is 2.62. The molecule has 2 amide bonds. The van der Waals surface area contributed by atoms with Gasteiger partial charge in [0.15, 0.2) is 0 Å². The predicted molar refractivity (Wildman–Crippen MR) is 56.2 cm³/mol. The van der Waals surface area contributed by atoms with E-state index in [1.54, 1.807) is 11.1 Å². The number of nitrogens with two attached hydrogens (primary N) is 1. The van der Waals surface area contributed by atoms with E-state index in [9.17, 15) is 4.79 Å². The van der Waals surface area contributed by atoms with Crippen LogP contribution in [0, 0.1) is 6.92 Å². The molecular formula is C10H16N4O. The lowest BCUT2D eigenvalue weighted by molar-refractivity contribution is 0.157. The molecule has 1 aliphatic heterocycles. The minimum atomic E-state index is -0.339. The van der Waals surface area contributed by atoms with Crippen LogP contribution in [0.5, 0.6) is 0 Å². The summed E-state index contributed by atoms with van der Waals surface area (Å²) in [5.41, 5.74) is 7.48. The molecular weight excluding hydrogens is 192 g/mol. The van der Waals surface area contributed by atoms with E-state index in [-0.39, 0.29) is 12.1 Å². The first-order valence-corrected chi connectivity index (χ1v) is 5.26. The van der Waals surface area contributed by atoms with Gasteiger partial charge in [-0.05, 0) is 31.7 Å². The highest BCUT2D eigenvalue weighted by Gasteiger charge is 2.28. The maximum absolute atomic E-state index is 11.3. The quantitative estimate of drug-likeness (QED) is 0.730. The molecule has 0 spiro atoms. The van der Waals surface area contributed by atoms with Crippen LogP contribution in [0.2, 0.25) is 0 Å². The van der Waals surface area contributed by atoms with Gasteiger partial charge in [0.25, 0.3) is 0 Å². The molecule has 1 aromatic rings. The highest BCUT2D eigenvalue weighted by atomic mass is 16.2. The molecule has 2 rings (SSSR count). The van der Waals surface area contributed by atoms with E-state index in [1.165, 1.54) is 0 Å². The van der Waals surface area contributed by atoms with Crippen molar-refractivity contribution in [2.24, 2.45) is 5.73 Å². The van der Waals surface area contributed by atoms with Crippen LogP contribution in [0.15, 0.2) is 6.20 Å². The fourth-order valence-electron chi connectivity index (χ4n) is 2.19. The van der Waals surface area contributed by atoms with Gasteiger partial charge in [-0.1, -0.05) is 0 Å². The van der Waals surface area contributed by atoms with Crippen LogP contribution < -0.4 is 5.73 Å². The number of likely N-dealkylation sites (tertiary alicyclic amines) is 1. The largest absolute Gasteiger partial charge is 0.351 e. The number of aryl methyl sites for hydroxylation is 1. The summed E-state index contributed by atoms with van der Waals surface area (Å²) in [5.74, 6) is 0. The average molecular weight is 208 g/mol. The molecule has 82 valence electrons. The molecule has 0 aliphatic carbocycles. The molecule has 5 heteroatoms. The molecule has 2 heterocycles. The van der Waals surface area contributed by atoms with Crippen LogP contribution in [-0.2, 0) is 0 Å². The number of amides is 2. The van der Waals surface area contributed by atoms with Gasteiger partial charge in [0.2, 0.25) is 0 Å². The summed E-state index contributed by atoms with van der Waals surface area (Å²) in [4.78, 5) is 13.0. The van der Waals surface area contributed by atoms with Crippen LogP contribution in [0.3, 0.4) is 0 Å². The van der Waals surface area contributed by atoms with Gasteiger partial charge in [0, 0.05) is 6.54 Å². The van der Waals surface area contributed by atoms with Gasteiger partial charge < -0.3 is 10.6 Å². The van der Waals surface area contributed by atoms with Crippen molar-refractivity contribution in [3.05, 3.63) is 17.5 Å². The number of urea groups is 1. The van der Waals surface area contributed by atoms with Crippen LogP contribution in [0.4, 0.5) is 4.79 Å². The second kappa shape index (κ2) is 3.92. The smallest absolute Gasteiger partial charge is 0.315 e. The molecule has 0 saturated carbocycles. The molecule has 1 aliphatic rings. The van der Waals surface area contributed by atoms with Crippen molar-refractivity contribution in [1.82, 2.24) is 15.1 Å². The van der Waals surface area contributed by atoms with E-state index in [4.69, 9.17) is 5.73 Å². The van der Waals surface area contributed by atoms with Gasteiger partial charge in [-0.2, -0.15) is 5.10 Å². The molecule has 5 nitrogen and oxygen atoms in total. The molecule has 0 bridgehead atoms. The molecule has 0 aromatic carbocycles. The molecule has 1 saturated heterocycles. The van der Waals surface area contributed by atoms with Gasteiger partial charge in [0.1, 0.15) is 0 Å². The number of nitrogens with zero attached hydrogens (tertiary/aromatic N) is 2. The monoisotopic (exact) mass is 208 g/mol. The van der Waals surface area contributed by atoms with E-state index in [0.717, 1.165) is 37.1 Å². The van der Waals surface area contributed by atoms with Crippen molar-refractivity contribution in [3.8, 4) is 0 Å². The number of aromatic amines is 1. The number of aromatic nitrogens is 2. The summed E-state index contributed by atoms with van der Waals surface area (Å²) < 4.78 is 0. The highest BCUT2D eigenvalue weighted by molar-refractivity contribution is 5.72. The molecule has 1 aromatic heterocycles. The van der Waals surface area contributed by atoms with Crippen LogP contribution >= 0.6 is 0 Å². The SMILES string of the molecule is Cc1cn[nH]c1C1CCCCN1C(N)=O. The van der Waals surface area contributed by atoms with Crippen LogP contribution in [-0.4, -0.2) is 27.7 Å². The van der Waals surface area contributed by atoms with E-state index in [2.05, 4.69) is 10.2 Å². The van der Waals surface area contributed by atoms with Crippen molar-refractivity contribution in [1.29, 1.82) is 0 Å². The number of hydrogen-bond acceptors (Lipinski definition) is 2. The molecule has 0 radical (unpaired) electrons. The predicted octanol–water partition coefficient (Wildman–Crippen LogP) is 1.32. The minimum absolute atomic E-state index is 0.0822. The van der Waals surface area contributed by atoms with Gasteiger partial charge >= 0.3 is 6.03 Å². The topological polar surface area (TPSA) is 75.0 Å². The Morgan fingerprint density at radius 3 is 3.07 bits per heavy atom. The summed E-state index contributed by atoms with van der Waals surface area (Å²) in [7, 11) is 0. The van der Waals surface area contributed by atoms with Gasteiger partial charge in [-0.15, -0.1) is 0 Å². The third-order valence-electron chi connectivity index (χ3n) is 2.99. The lowest BCUT2D eigenvalue weighted by Gasteiger charge is -2.34. The fourth-order valence-corrected chi connectivity index (χ4v) is 2.19. The summed E-state index contributed by atoms with van der Waals surface area (Å²) in [6.45, 7) is 2.74. The highest BCUT2D eigenvalue weighted by Crippen LogP contribution is 2.30. The first kappa shape index (κ1) is 10.0. The van der Waals surface area contributed by atoms with Crippen LogP contribution in [0.1, 0.15) is 36.6 Å². The molecule has 3 N–H and O–H groups in total. The maximum atomic E-state index is 11.3. The van der Waals surface area contributed by atoms with Crippen molar-refractivity contribution >= 4 is 6.03 Å². The first-order chi connectivity index (χ1) is 7.20. The number of H-pyrrole nitrogens is 1. The Hall–Kier alpha value is -1.52. The average Bonchev–Trinajstić information content (AvgIpc) is 2.64. The summed E-state index contributed by atoms with van der Waals surface area (Å²) in [6, 6.07) is -0.257. The third kappa shape index (κ3) is 1.82. The number of hydrogen-bond donors (Lipinski definition) is 2. The number of nitrogens with one attached hydrogen (secondary N) is 1. The van der Waals surface area contributed by atoms with Crippen molar-refractivity contribution < 1.29 is 4.79 Å². The zero-order valence-electron chi connectivity index (χ0n) is 8.86. The first-order valence-electron chi connectivity index (χ1n) is 5.26. The minimum Gasteiger partial charge on any atom is -0.351 e. The van der Waals surface area contributed by atoms with Crippen molar-refractivity contribution in [3.63, 3.8) is 0 Å². The van der Waals surface area contributed by atoms with E-state index < -0.39 is 0 Å². The Labute approximate surface area is 88.6 Å². The number of piperidine rings is 1. The molecule has 15 heavy (non-hydrogen) atoms. The Bertz CT molecular complexity index is 360. The summed E-state index contributed by atoms with van der Waals surface area (Å²) in [6.07, 6.45) is 4.91. The zero-order valence-corrected chi connectivity index (χ0v) is 8.86. The zero-order chi connectivity index (χ0) is 10.8.